The molecule has 1 aliphatic carbocycles. The highest BCUT2D eigenvalue weighted by Crippen LogP contribution is 2.30. The summed E-state index contributed by atoms with van der Waals surface area (Å²) in [5.41, 5.74) is 6.26. The number of rotatable bonds is 5. The number of nitrogens with two attached hydrogens (primary N) is 1. The van der Waals surface area contributed by atoms with Crippen molar-refractivity contribution in [2.24, 2.45) is 5.92 Å². The van der Waals surface area contributed by atoms with Gasteiger partial charge in [-0.1, -0.05) is 23.4 Å². The van der Waals surface area contributed by atoms with Crippen molar-refractivity contribution in [2.45, 2.75) is 31.6 Å². The largest absolute Gasteiger partial charge is 0.461 e. The third-order valence-electron chi connectivity index (χ3n) is 4.84. The Morgan fingerprint density at radius 3 is 2.81 bits per heavy atom. The number of nitrogens with one attached hydrogen (secondary N) is 1. The minimum absolute atomic E-state index is 0.0316. The standard InChI is InChI=1S/C20H22ClN5O5/c1-2-31-19(30)14-10(4-3-7-23-14)5-6-12-17(21)25-20(22)26-18(12)24-13-8-11(9-27)15(28)16(13)29/h3-4,7,11,13,15-16,27-29H,2,8-9H2,1H3,(H3,22,24,25,26)/t11-,13-,15-,16+/m1/s1. The Kier molecular flexibility index (Phi) is 7.25. The molecule has 1 aliphatic rings. The second-order valence-electron chi connectivity index (χ2n) is 6.88. The first-order valence-corrected chi connectivity index (χ1v) is 9.94. The fourth-order valence-electron chi connectivity index (χ4n) is 3.29. The van der Waals surface area contributed by atoms with E-state index in [1.165, 1.54) is 6.20 Å². The van der Waals surface area contributed by atoms with Crippen LogP contribution in [-0.4, -0.2) is 67.7 Å². The molecule has 0 spiro atoms. The van der Waals surface area contributed by atoms with Crippen LogP contribution >= 0.6 is 11.6 Å². The second-order valence-corrected chi connectivity index (χ2v) is 7.23. The van der Waals surface area contributed by atoms with Crippen LogP contribution in [0.3, 0.4) is 0 Å². The van der Waals surface area contributed by atoms with Crippen LogP contribution in [0.2, 0.25) is 5.15 Å². The summed E-state index contributed by atoms with van der Waals surface area (Å²) >= 11 is 6.23. The maximum Gasteiger partial charge on any atom is 0.358 e. The number of aliphatic hydroxyl groups excluding tert-OH is 3. The van der Waals surface area contributed by atoms with Crippen molar-refractivity contribution >= 4 is 29.3 Å². The number of halogens is 1. The van der Waals surface area contributed by atoms with E-state index in [1.807, 2.05) is 0 Å². The van der Waals surface area contributed by atoms with Crippen LogP contribution in [0, 0.1) is 17.8 Å². The van der Waals surface area contributed by atoms with Crippen LogP contribution < -0.4 is 11.1 Å². The number of nitrogen functional groups attached to an aromatic ring is 1. The molecule has 2 heterocycles. The molecule has 0 saturated heterocycles. The maximum atomic E-state index is 12.1. The summed E-state index contributed by atoms with van der Waals surface area (Å²) in [6.07, 6.45) is -0.479. The van der Waals surface area contributed by atoms with E-state index >= 15 is 0 Å². The van der Waals surface area contributed by atoms with Gasteiger partial charge in [0.25, 0.3) is 0 Å². The lowest BCUT2D eigenvalue weighted by Gasteiger charge is -2.19. The molecule has 10 nitrogen and oxygen atoms in total. The summed E-state index contributed by atoms with van der Waals surface area (Å²) in [5, 5.41) is 32.6. The molecule has 1 fully saturated rings. The summed E-state index contributed by atoms with van der Waals surface area (Å²) in [5.74, 6) is 4.59. The minimum atomic E-state index is -1.14. The Balaban J connectivity index is 1.96. The highest BCUT2D eigenvalue weighted by Gasteiger charge is 2.41. The Labute approximate surface area is 183 Å². The van der Waals surface area contributed by atoms with Gasteiger partial charge < -0.3 is 31.1 Å². The first-order chi connectivity index (χ1) is 14.8. The average molecular weight is 448 g/mol. The molecule has 0 bridgehead atoms. The number of hydrogen-bond acceptors (Lipinski definition) is 10. The van der Waals surface area contributed by atoms with E-state index in [2.05, 4.69) is 32.1 Å². The molecule has 0 aliphatic heterocycles. The number of aliphatic hydroxyl groups is 3. The zero-order valence-corrected chi connectivity index (χ0v) is 17.4. The Morgan fingerprint density at radius 1 is 1.35 bits per heavy atom. The van der Waals surface area contributed by atoms with Crippen LogP contribution in [0.1, 0.15) is 35.0 Å². The lowest BCUT2D eigenvalue weighted by Crippen LogP contribution is -2.35. The number of ether oxygens (including phenoxy) is 1. The number of aromatic nitrogens is 3. The fraction of sp³-hybridized carbons (Fsp3) is 0.400. The van der Waals surface area contributed by atoms with E-state index in [-0.39, 0.29) is 41.4 Å². The zero-order chi connectivity index (χ0) is 22.5. The predicted octanol–water partition coefficient (Wildman–Crippen LogP) is 0.198. The number of esters is 1. The van der Waals surface area contributed by atoms with Crippen molar-refractivity contribution in [1.29, 1.82) is 0 Å². The smallest absolute Gasteiger partial charge is 0.358 e. The van der Waals surface area contributed by atoms with Crippen LogP contribution in [0.25, 0.3) is 0 Å². The van der Waals surface area contributed by atoms with Crippen molar-refractivity contribution < 1.29 is 24.9 Å². The molecule has 164 valence electrons. The van der Waals surface area contributed by atoms with Crippen molar-refractivity contribution in [3.05, 3.63) is 40.3 Å². The number of anilines is 2. The summed E-state index contributed by atoms with van der Waals surface area (Å²) in [6, 6.07) is 2.61. The lowest BCUT2D eigenvalue weighted by atomic mass is 10.1. The third-order valence-corrected chi connectivity index (χ3v) is 5.11. The molecular weight excluding hydrogens is 426 g/mol. The van der Waals surface area contributed by atoms with E-state index < -0.39 is 30.1 Å². The van der Waals surface area contributed by atoms with Gasteiger partial charge in [-0.05, 0) is 25.5 Å². The SMILES string of the molecule is CCOC(=O)c1ncccc1C#Cc1c(Cl)nc(N)nc1N[C@@H]1C[C@H](CO)[C@@H](O)[C@H]1O. The van der Waals surface area contributed by atoms with Gasteiger partial charge in [-0.15, -0.1) is 0 Å². The normalized spacial score (nSPS) is 22.5. The van der Waals surface area contributed by atoms with E-state index in [0.29, 0.717) is 12.0 Å². The molecule has 0 radical (unpaired) electrons. The Morgan fingerprint density at radius 2 is 2.13 bits per heavy atom. The lowest BCUT2D eigenvalue weighted by molar-refractivity contribution is 0.00445. The van der Waals surface area contributed by atoms with Gasteiger partial charge in [-0.25, -0.2) is 9.78 Å². The van der Waals surface area contributed by atoms with Crippen molar-refractivity contribution in [1.82, 2.24) is 15.0 Å². The Bertz CT molecular complexity index is 1020. The molecule has 6 N–H and O–H groups in total. The van der Waals surface area contributed by atoms with Crippen LogP contribution in [0.5, 0.6) is 0 Å². The predicted molar refractivity (Wildman–Crippen MR) is 112 cm³/mol. The Hall–Kier alpha value is -2.97. The number of hydrogen-bond donors (Lipinski definition) is 5. The van der Waals surface area contributed by atoms with Gasteiger partial charge in [0.2, 0.25) is 5.95 Å². The molecule has 11 heteroatoms. The van der Waals surface area contributed by atoms with Crippen LogP contribution in [-0.2, 0) is 4.74 Å². The molecule has 3 rings (SSSR count). The first kappa shape index (κ1) is 22.7. The summed E-state index contributed by atoms with van der Waals surface area (Å²) in [4.78, 5) is 24.2. The average Bonchev–Trinajstić information content (AvgIpc) is 3.01. The molecule has 2 aromatic heterocycles. The maximum absolute atomic E-state index is 12.1. The fourth-order valence-corrected chi connectivity index (χ4v) is 3.51. The van der Waals surface area contributed by atoms with Crippen LogP contribution in [0.4, 0.5) is 11.8 Å². The van der Waals surface area contributed by atoms with E-state index in [0.717, 1.165) is 0 Å². The van der Waals surface area contributed by atoms with E-state index in [4.69, 9.17) is 22.1 Å². The van der Waals surface area contributed by atoms with E-state index in [1.54, 1.807) is 19.1 Å². The minimum Gasteiger partial charge on any atom is -0.461 e. The van der Waals surface area contributed by atoms with Gasteiger partial charge in [0.1, 0.15) is 17.5 Å². The van der Waals surface area contributed by atoms with Gasteiger partial charge in [-0.3, -0.25) is 0 Å². The van der Waals surface area contributed by atoms with Gasteiger partial charge in [0.15, 0.2) is 10.8 Å². The molecule has 1 saturated carbocycles. The van der Waals surface area contributed by atoms with Gasteiger partial charge in [-0.2, -0.15) is 9.97 Å². The van der Waals surface area contributed by atoms with Crippen molar-refractivity contribution in [3.8, 4) is 11.8 Å². The second kappa shape index (κ2) is 9.89. The molecule has 2 aromatic rings. The molecule has 0 unspecified atom stereocenters. The molecule has 0 aromatic carbocycles. The number of carbonyl (C=O) groups is 1. The highest BCUT2D eigenvalue weighted by atomic mass is 35.5. The summed E-state index contributed by atoms with van der Waals surface area (Å²) < 4.78 is 4.99. The molecule has 31 heavy (non-hydrogen) atoms. The number of pyridine rings is 1. The first-order valence-electron chi connectivity index (χ1n) is 9.56. The topological polar surface area (TPSA) is 164 Å². The monoisotopic (exact) mass is 447 g/mol. The van der Waals surface area contributed by atoms with Crippen molar-refractivity contribution in [2.75, 3.05) is 24.3 Å². The van der Waals surface area contributed by atoms with Gasteiger partial charge in [0.05, 0.1) is 24.3 Å². The van der Waals surface area contributed by atoms with E-state index in [9.17, 15) is 20.1 Å². The molecule has 4 atom stereocenters. The summed E-state index contributed by atoms with van der Waals surface area (Å²) in [7, 11) is 0. The third kappa shape index (κ3) is 5.03. The summed E-state index contributed by atoms with van der Waals surface area (Å²) in [6.45, 7) is 1.61. The highest BCUT2D eigenvalue weighted by molar-refractivity contribution is 6.31. The van der Waals surface area contributed by atoms with Gasteiger partial charge >= 0.3 is 5.97 Å². The molecular formula is C20H22ClN5O5. The zero-order valence-electron chi connectivity index (χ0n) is 16.6. The number of carbonyl (C=O) groups excluding carboxylic acids is 1. The quantitative estimate of drug-likeness (QED) is 0.243. The van der Waals surface area contributed by atoms with Gasteiger partial charge in [0, 0.05) is 18.7 Å². The number of nitrogens with zero attached hydrogens (tertiary/aromatic N) is 3. The molecule has 0 amide bonds. The van der Waals surface area contributed by atoms with Crippen molar-refractivity contribution in [3.63, 3.8) is 0 Å². The van der Waals surface area contributed by atoms with Crippen LogP contribution in [0.15, 0.2) is 18.3 Å².